The first-order valence-corrected chi connectivity index (χ1v) is 7.80. The van der Waals surface area contributed by atoms with Crippen molar-refractivity contribution in [2.45, 2.75) is 4.90 Å². The van der Waals surface area contributed by atoms with Crippen LogP contribution in [0.1, 0.15) is 0 Å². The highest BCUT2D eigenvalue weighted by Crippen LogP contribution is 2.30. The first kappa shape index (κ1) is 14.8. The standard InChI is InChI=1S/C13H20N4O2S/c1-15(2)9-10-16(3)13-14-20(18,19)12-8-6-5-7-11(12)17(13)4/h5-8H,9-10H2,1-4H3. The highest BCUT2D eigenvalue weighted by molar-refractivity contribution is 7.90. The smallest absolute Gasteiger partial charge is 0.287 e. The van der Waals surface area contributed by atoms with Crippen LogP contribution in [0.25, 0.3) is 0 Å². The van der Waals surface area contributed by atoms with Crippen molar-refractivity contribution in [2.75, 3.05) is 46.2 Å². The summed E-state index contributed by atoms with van der Waals surface area (Å²) in [6.07, 6.45) is 0. The number of nitrogens with zero attached hydrogens (tertiary/aromatic N) is 4. The Balaban J connectivity index is 2.35. The lowest BCUT2D eigenvalue weighted by atomic mass is 10.3. The van der Waals surface area contributed by atoms with E-state index in [1.807, 2.05) is 49.0 Å². The first-order chi connectivity index (χ1) is 9.33. The van der Waals surface area contributed by atoms with Gasteiger partial charge >= 0.3 is 0 Å². The van der Waals surface area contributed by atoms with Gasteiger partial charge in [0.1, 0.15) is 4.90 Å². The normalized spacial score (nSPS) is 16.9. The number of sulfonamides is 1. The van der Waals surface area contributed by atoms with Gasteiger partial charge in [-0.05, 0) is 26.2 Å². The molecule has 0 N–H and O–H groups in total. The molecule has 0 aromatic heterocycles. The average molecular weight is 296 g/mol. The van der Waals surface area contributed by atoms with E-state index in [1.54, 1.807) is 18.2 Å². The van der Waals surface area contributed by atoms with E-state index < -0.39 is 10.0 Å². The zero-order valence-corrected chi connectivity index (χ0v) is 13.1. The quantitative estimate of drug-likeness (QED) is 0.821. The van der Waals surface area contributed by atoms with Crippen LogP contribution in [0.2, 0.25) is 0 Å². The third-order valence-corrected chi connectivity index (χ3v) is 4.54. The molecule has 1 aliphatic heterocycles. The van der Waals surface area contributed by atoms with E-state index in [4.69, 9.17) is 0 Å². The second-order valence-electron chi connectivity index (χ2n) is 5.12. The van der Waals surface area contributed by atoms with E-state index >= 15 is 0 Å². The van der Waals surface area contributed by atoms with Crippen LogP contribution in [-0.4, -0.2) is 65.5 Å². The largest absolute Gasteiger partial charge is 0.343 e. The van der Waals surface area contributed by atoms with Crippen LogP contribution in [0.15, 0.2) is 33.6 Å². The van der Waals surface area contributed by atoms with Gasteiger partial charge in [0.2, 0.25) is 5.96 Å². The number of likely N-dealkylation sites (N-methyl/N-ethyl adjacent to an activating group) is 2. The molecule has 1 aromatic carbocycles. The van der Waals surface area contributed by atoms with Crippen molar-refractivity contribution in [3.63, 3.8) is 0 Å². The van der Waals surface area contributed by atoms with Gasteiger partial charge in [-0.25, -0.2) is 0 Å². The van der Waals surface area contributed by atoms with Crippen LogP contribution >= 0.6 is 0 Å². The summed E-state index contributed by atoms with van der Waals surface area (Å²) in [6.45, 7) is 1.53. The average Bonchev–Trinajstić information content (AvgIpc) is 2.40. The fourth-order valence-electron chi connectivity index (χ4n) is 2.05. The van der Waals surface area contributed by atoms with Gasteiger partial charge < -0.3 is 14.7 Å². The molecule has 0 saturated carbocycles. The number of para-hydroxylation sites is 1. The van der Waals surface area contributed by atoms with E-state index in [1.165, 1.54) is 0 Å². The minimum Gasteiger partial charge on any atom is -0.343 e. The molecular formula is C13H20N4O2S. The van der Waals surface area contributed by atoms with E-state index in [2.05, 4.69) is 4.40 Å². The maximum absolute atomic E-state index is 12.2. The van der Waals surface area contributed by atoms with Crippen molar-refractivity contribution in [1.29, 1.82) is 0 Å². The number of hydrogen-bond acceptors (Lipinski definition) is 5. The Bertz CT molecular complexity index is 625. The fraction of sp³-hybridized carbons (Fsp3) is 0.462. The van der Waals surface area contributed by atoms with Crippen molar-refractivity contribution in [1.82, 2.24) is 9.80 Å². The molecule has 1 aliphatic rings. The number of hydrogen-bond donors (Lipinski definition) is 0. The molecule has 0 aliphatic carbocycles. The minimum atomic E-state index is -3.62. The third-order valence-electron chi connectivity index (χ3n) is 3.23. The molecule has 0 amide bonds. The van der Waals surface area contributed by atoms with Crippen LogP contribution in [-0.2, 0) is 10.0 Å². The lowest BCUT2D eigenvalue weighted by Crippen LogP contribution is -2.45. The Hall–Kier alpha value is -1.60. The molecule has 0 radical (unpaired) electrons. The first-order valence-electron chi connectivity index (χ1n) is 6.36. The predicted molar refractivity (Wildman–Crippen MR) is 80.6 cm³/mol. The van der Waals surface area contributed by atoms with Crippen LogP contribution in [0.3, 0.4) is 0 Å². The molecule has 20 heavy (non-hydrogen) atoms. The molecule has 1 heterocycles. The number of fused-ring (bicyclic) bond motifs is 1. The van der Waals surface area contributed by atoms with Crippen LogP contribution in [0.5, 0.6) is 0 Å². The summed E-state index contributed by atoms with van der Waals surface area (Å²) in [6, 6.07) is 6.91. The fourth-order valence-corrected chi connectivity index (χ4v) is 3.35. The molecule has 0 unspecified atom stereocenters. The molecule has 6 nitrogen and oxygen atoms in total. The Morgan fingerprint density at radius 3 is 2.45 bits per heavy atom. The zero-order valence-electron chi connectivity index (χ0n) is 12.2. The Kier molecular flexibility index (Phi) is 4.01. The molecule has 110 valence electrons. The van der Waals surface area contributed by atoms with Gasteiger partial charge in [0.15, 0.2) is 0 Å². The third kappa shape index (κ3) is 2.78. The van der Waals surface area contributed by atoms with Gasteiger partial charge in [-0.15, -0.1) is 4.40 Å². The number of guanidine groups is 1. The number of rotatable bonds is 3. The van der Waals surface area contributed by atoms with Gasteiger partial charge in [0.25, 0.3) is 10.0 Å². The summed E-state index contributed by atoms with van der Waals surface area (Å²) >= 11 is 0. The predicted octanol–water partition coefficient (Wildman–Crippen LogP) is 0.674. The van der Waals surface area contributed by atoms with Gasteiger partial charge in [0, 0.05) is 27.2 Å². The zero-order chi connectivity index (χ0) is 14.9. The molecule has 0 saturated heterocycles. The van der Waals surface area contributed by atoms with Crippen molar-refractivity contribution >= 4 is 21.7 Å². The topological polar surface area (TPSA) is 56.2 Å². The summed E-state index contributed by atoms with van der Waals surface area (Å²) in [5, 5.41) is 0. The maximum atomic E-state index is 12.2. The van der Waals surface area contributed by atoms with Gasteiger partial charge in [-0.3, -0.25) is 0 Å². The Morgan fingerprint density at radius 2 is 1.80 bits per heavy atom. The molecule has 2 rings (SSSR count). The van der Waals surface area contributed by atoms with Gasteiger partial charge in [-0.2, -0.15) is 8.42 Å². The summed E-state index contributed by atoms with van der Waals surface area (Å²) in [7, 11) is 4.02. The van der Waals surface area contributed by atoms with Crippen molar-refractivity contribution in [3.8, 4) is 0 Å². The van der Waals surface area contributed by atoms with Crippen molar-refractivity contribution < 1.29 is 8.42 Å². The molecule has 0 spiro atoms. The van der Waals surface area contributed by atoms with Crippen molar-refractivity contribution in [3.05, 3.63) is 24.3 Å². The molecular weight excluding hydrogens is 276 g/mol. The number of benzene rings is 1. The van der Waals surface area contributed by atoms with Crippen molar-refractivity contribution in [2.24, 2.45) is 4.40 Å². The summed E-state index contributed by atoms with van der Waals surface area (Å²) in [4.78, 5) is 5.97. The highest BCUT2D eigenvalue weighted by atomic mass is 32.2. The maximum Gasteiger partial charge on any atom is 0.287 e. The number of anilines is 1. The van der Waals surface area contributed by atoms with Gasteiger partial charge in [0.05, 0.1) is 5.69 Å². The lowest BCUT2D eigenvalue weighted by molar-refractivity contribution is 0.355. The molecule has 0 bridgehead atoms. The van der Waals surface area contributed by atoms with E-state index in [0.717, 1.165) is 6.54 Å². The molecule has 7 heteroatoms. The summed E-state index contributed by atoms with van der Waals surface area (Å²) in [5.74, 6) is 0.450. The van der Waals surface area contributed by atoms with E-state index in [0.29, 0.717) is 18.2 Å². The Morgan fingerprint density at radius 1 is 1.15 bits per heavy atom. The van der Waals surface area contributed by atoms with Crippen LogP contribution in [0.4, 0.5) is 5.69 Å². The second-order valence-corrected chi connectivity index (χ2v) is 6.69. The molecule has 1 aromatic rings. The van der Waals surface area contributed by atoms with Gasteiger partial charge in [-0.1, -0.05) is 12.1 Å². The Labute approximate surface area is 120 Å². The minimum absolute atomic E-state index is 0.257. The van der Waals surface area contributed by atoms with E-state index in [-0.39, 0.29) is 4.90 Å². The monoisotopic (exact) mass is 296 g/mol. The summed E-state index contributed by atoms with van der Waals surface area (Å²) < 4.78 is 28.4. The highest BCUT2D eigenvalue weighted by Gasteiger charge is 2.30. The summed E-state index contributed by atoms with van der Waals surface area (Å²) in [5.41, 5.74) is 0.661. The molecule has 0 fully saturated rings. The molecule has 0 atom stereocenters. The lowest BCUT2D eigenvalue weighted by Gasteiger charge is -2.33. The van der Waals surface area contributed by atoms with Crippen LogP contribution < -0.4 is 4.90 Å². The van der Waals surface area contributed by atoms with Crippen LogP contribution in [0, 0.1) is 0 Å². The van der Waals surface area contributed by atoms with E-state index in [9.17, 15) is 8.42 Å². The SMILES string of the molecule is CN(C)CCN(C)C1=NS(=O)(=O)c2ccccc2N1C. The second kappa shape index (κ2) is 5.41.